The minimum absolute atomic E-state index is 0.0415. The van der Waals surface area contributed by atoms with Gasteiger partial charge in [0.05, 0.1) is 17.6 Å². The lowest BCUT2D eigenvalue weighted by atomic mass is 9.61. The molecule has 1 aliphatic rings. The van der Waals surface area contributed by atoms with Gasteiger partial charge >= 0.3 is 5.97 Å². The van der Waals surface area contributed by atoms with Crippen molar-refractivity contribution in [3.8, 4) is 0 Å². The van der Waals surface area contributed by atoms with Crippen LogP contribution in [-0.2, 0) is 15.6 Å². The molecule has 6 nitrogen and oxygen atoms in total. The maximum absolute atomic E-state index is 13.3. The van der Waals surface area contributed by atoms with Gasteiger partial charge < -0.3 is 4.74 Å². The van der Waals surface area contributed by atoms with Crippen molar-refractivity contribution in [3.63, 3.8) is 0 Å². The van der Waals surface area contributed by atoms with Crippen LogP contribution >= 0.6 is 0 Å². The van der Waals surface area contributed by atoms with Crippen LogP contribution in [-0.4, -0.2) is 23.8 Å². The average molecular weight is 409 g/mol. The number of esters is 1. The summed E-state index contributed by atoms with van der Waals surface area (Å²) < 4.78 is 4.69. The zero-order chi connectivity index (χ0) is 22.4. The maximum atomic E-state index is 13.3. The van der Waals surface area contributed by atoms with E-state index < -0.39 is 5.97 Å². The van der Waals surface area contributed by atoms with Crippen molar-refractivity contribution in [2.24, 2.45) is 0 Å². The molecule has 158 valence electrons. The zero-order valence-corrected chi connectivity index (χ0v) is 18.3. The van der Waals surface area contributed by atoms with E-state index in [2.05, 4.69) is 18.6 Å². The Labute approximate surface area is 176 Å². The lowest BCUT2D eigenvalue weighted by Crippen LogP contribution is -2.35. The lowest BCUT2D eigenvalue weighted by molar-refractivity contribution is -0.386. The molecule has 0 spiro atoms. The van der Waals surface area contributed by atoms with Crippen LogP contribution in [0.1, 0.15) is 83.5 Å². The van der Waals surface area contributed by atoms with Gasteiger partial charge in [-0.3, -0.25) is 14.9 Å². The van der Waals surface area contributed by atoms with E-state index in [0.29, 0.717) is 22.3 Å². The van der Waals surface area contributed by atoms with Gasteiger partial charge in [-0.1, -0.05) is 39.8 Å². The second-order valence-electron chi connectivity index (χ2n) is 9.24. The number of fused-ring (bicyclic) bond motifs is 1. The number of nitro groups is 1. The minimum atomic E-state index is -0.487. The van der Waals surface area contributed by atoms with Crippen LogP contribution in [0.4, 0.5) is 5.69 Å². The molecular weight excluding hydrogens is 382 g/mol. The first-order valence-electron chi connectivity index (χ1n) is 9.97. The summed E-state index contributed by atoms with van der Waals surface area (Å²) in [6.07, 6.45) is 1.73. The molecule has 2 aromatic carbocycles. The zero-order valence-electron chi connectivity index (χ0n) is 18.3. The van der Waals surface area contributed by atoms with Crippen molar-refractivity contribution in [3.05, 3.63) is 73.8 Å². The van der Waals surface area contributed by atoms with Crippen LogP contribution < -0.4 is 0 Å². The number of nitrogens with zero attached hydrogens (tertiary/aromatic N) is 1. The van der Waals surface area contributed by atoms with E-state index in [1.54, 1.807) is 19.1 Å². The summed E-state index contributed by atoms with van der Waals surface area (Å²) in [5, 5.41) is 12.1. The van der Waals surface area contributed by atoms with Gasteiger partial charge in [-0.25, -0.2) is 4.79 Å². The molecule has 0 aliphatic heterocycles. The van der Waals surface area contributed by atoms with Crippen LogP contribution in [0.3, 0.4) is 0 Å². The molecule has 6 heteroatoms. The summed E-state index contributed by atoms with van der Waals surface area (Å²) in [5.41, 5.74) is 2.44. The Hall–Kier alpha value is -3.02. The fraction of sp³-hybridized carbons (Fsp3) is 0.417. The van der Waals surface area contributed by atoms with Crippen molar-refractivity contribution < 1.29 is 19.2 Å². The Bertz CT molecular complexity index is 1050. The number of hydrogen-bond acceptors (Lipinski definition) is 5. The van der Waals surface area contributed by atoms with Gasteiger partial charge in [0.15, 0.2) is 5.78 Å². The van der Waals surface area contributed by atoms with Gasteiger partial charge in [-0.05, 0) is 54.4 Å². The normalized spacial score (nSPS) is 16.5. The molecule has 0 N–H and O–H groups in total. The highest BCUT2D eigenvalue weighted by atomic mass is 16.6. The summed E-state index contributed by atoms with van der Waals surface area (Å²) in [5.74, 6) is -0.785. The predicted molar refractivity (Wildman–Crippen MR) is 114 cm³/mol. The molecule has 0 heterocycles. The first-order valence-corrected chi connectivity index (χ1v) is 9.97. The lowest BCUT2D eigenvalue weighted by Gasteiger charge is -2.41. The fourth-order valence-corrected chi connectivity index (χ4v) is 4.37. The summed E-state index contributed by atoms with van der Waals surface area (Å²) >= 11 is 0. The summed E-state index contributed by atoms with van der Waals surface area (Å²) in [4.78, 5) is 36.7. The number of carbonyl (C=O) groups is 2. The van der Waals surface area contributed by atoms with E-state index >= 15 is 0 Å². The summed E-state index contributed by atoms with van der Waals surface area (Å²) in [6, 6.07) is 7.99. The number of methoxy groups -OCH3 is 1. The average Bonchev–Trinajstić information content (AvgIpc) is 2.69. The second-order valence-corrected chi connectivity index (χ2v) is 9.24. The topological polar surface area (TPSA) is 86.5 Å². The summed E-state index contributed by atoms with van der Waals surface area (Å²) in [7, 11) is 1.29. The van der Waals surface area contributed by atoms with Gasteiger partial charge in [-0.15, -0.1) is 0 Å². The molecule has 30 heavy (non-hydrogen) atoms. The number of rotatable bonds is 4. The van der Waals surface area contributed by atoms with Crippen LogP contribution in [0, 0.1) is 17.0 Å². The van der Waals surface area contributed by atoms with Crippen LogP contribution in [0.15, 0.2) is 30.3 Å². The number of carbonyl (C=O) groups excluding carboxylic acids is 2. The second kappa shape index (κ2) is 7.35. The van der Waals surface area contributed by atoms with Gasteiger partial charge in [0.1, 0.15) is 0 Å². The third-order valence-corrected chi connectivity index (χ3v) is 6.33. The third kappa shape index (κ3) is 3.51. The molecule has 0 radical (unpaired) electrons. The third-order valence-electron chi connectivity index (χ3n) is 6.33. The van der Waals surface area contributed by atoms with E-state index in [9.17, 15) is 19.7 Å². The van der Waals surface area contributed by atoms with Gasteiger partial charge in [0.25, 0.3) is 5.69 Å². The van der Waals surface area contributed by atoms with Crippen molar-refractivity contribution in [2.75, 3.05) is 7.11 Å². The molecule has 3 rings (SSSR count). The highest BCUT2D eigenvalue weighted by molar-refractivity contribution is 6.11. The van der Waals surface area contributed by atoms with Gasteiger partial charge in [-0.2, -0.15) is 0 Å². The maximum Gasteiger partial charge on any atom is 0.337 e. The smallest absolute Gasteiger partial charge is 0.337 e. The largest absolute Gasteiger partial charge is 0.465 e. The van der Waals surface area contributed by atoms with Crippen molar-refractivity contribution in [2.45, 2.75) is 58.3 Å². The van der Waals surface area contributed by atoms with Gasteiger partial charge in [0, 0.05) is 22.3 Å². The highest BCUT2D eigenvalue weighted by Gasteiger charge is 2.43. The first kappa shape index (κ1) is 21.7. The molecule has 0 aromatic heterocycles. The van der Waals surface area contributed by atoms with Crippen molar-refractivity contribution >= 4 is 17.4 Å². The number of ketones is 1. The van der Waals surface area contributed by atoms with E-state index in [4.69, 9.17) is 0 Å². The molecule has 0 amide bonds. The Balaban J connectivity index is 2.21. The monoisotopic (exact) mass is 409 g/mol. The minimum Gasteiger partial charge on any atom is -0.465 e. The highest BCUT2D eigenvalue weighted by Crippen LogP contribution is 2.51. The van der Waals surface area contributed by atoms with Crippen LogP contribution in [0.2, 0.25) is 0 Å². The number of nitro benzene ring substituents is 1. The Morgan fingerprint density at radius 2 is 1.53 bits per heavy atom. The molecule has 0 atom stereocenters. The van der Waals surface area contributed by atoms with E-state index in [0.717, 1.165) is 24.0 Å². The molecule has 0 unspecified atom stereocenters. The van der Waals surface area contributed by atoms with E-state index in [1.807, 2.05) is 19.9 Å². The first-order chi connectivity index (χ1) is 13.9. The van der Waals surface area contributed by atoms with Crippen LogP contribution in [0.25, 0.3) is 0 Å². The molecule has 2 aromatic rings. The quantitative estimate of drug-likeness (QED) is 0.297. The van der Waals surface area contributed by atoms with E-state index in [1.165, 1.54) is 19.2 Å². The van der Waals surface area contributed by atoms with Crippen molar-refractivity contribution in [1.29, 1.82) is 0 Å². The number of hydrogen-bond donors (Lipinski definition) is 0. The molecule has 0 saturated carbocycles. The predicted octanol–water partition coefficient (Wildman–Crippen LogP) is 5.27. The molecule has 0 saturated heterocycles. The Kier molecular flexibility index (Phi) is 5.31. The van der Waals surface area contributed by atoms with Crippen LogP contribution in [0.5, 0.6) is 0 Å². The molecule has 0 fully saturated rings. The fourth-order valence-electron chi connectivity index (χ4n) is 4.37. The number of benzene rings is 2. The van der Waals surface area contributed by atoms with Crippen molar-refractivity contribution in [1.82, 2.24) is 0 Å². The van der Waals surface area contributed by atoms with E-state index in [-0.39, 0.29) is 27.2 Å². The molecular formula is C24H27NO5. The molecule has 0 bridgehead atoms. The van der Waals surface area contributed by atoms with Gasteiger partial charge in [0.2, 0.25) is 0 Å². The molecule has 1 aliphatic carbocycles. The number of ether oxygens (including phenoxy) is 1. The summed E-state index contributed by atoms with van der Waals surface area (Å²) in [6.45, 7) is 9.84. The Morgan fingerprint density at radius 3 is 2.07 bits per heavy atom. The Morgan fingerprint density at radius 1 is 1.00 bits per heavy atom. The standard InChI is InChI=1S/C24H27NO5/c1-14-17(21(26)15-7-9-16(10-8-15)22(27)30-6)13-18-19(20(14)25(28)29)24(4,5)12-11-23(18,2)3/h7-10,13H,11-12H2,1-6H3. The SMILES string of the molecule is COC(=O)c1ccc(C(=O)c2cc3c(c([N+](=O)[O-])c2C)C(C)(C)CCC3(C)C)cc1.